The van der Waals surface area contributed by atoms with Gasteiger partial charge in [-0.05, 0) is 32.9 Å². The average Bonchev–Trinajstić information content (AvgIpc) is 2.67. The molecule has 88 valence electrons. The number of carbonyl (C=O) groups is 1. The molecule has 1 amide bonds. The van der Waals surface area contributed by atoms with Crippen molar-refractivity contribution in [3.8, 4) is 0 Å². The zero-order valence-electron chi connectivity index (χ0n) is 10.1. The molecule has 0 spiro atoms. The monoisotopic (exact) mass is 212 g/mol. The number of rotatable bonds is 6. The van der Waals surface area contributed by atoms with Gasteiger partial charge in [-0.2, -0.15) is 0 Å². The van der Waals surface area contributed by atoms with Gasteiger partial charge in [0.2, 0.25) is 5.91 Å². The summed E-state index contributed by atoms with van der Waals surface area (Å²) >= 11 is 0. The summed E-state index contributed by atoms with van der Waals surface area (Å²) in [7, 11) is 2.02. The maximum absolute atomic E-state index is 11.6. The minimum atomic E-state index is 0.195. The van der Waals surface area contributed by atoms with Crippen molar-refractivity contribution < 1.29 is 4.79 Å². The van der Waals surface area contributed by atoms with Crippen LogP contribution in [0.2, 0.25) is 0 Å². The Kier molecular flexibility index (Phi) is 5.69. The van der Waals surface area contributed by atoms with Gasteiger partial charge in [0.15, 0.2) is 0 Å². The van der Waals surface area contributed by atoms with E-state index in [1.54, 1.807) is 0 Å². The van der Waals surface area contributed by atoms with Gasteiger partial charge in [-0.3, -0.25) is 9.69 Å². The second-order valence-electron chi connectivity index (χ2n) is 4.64. The molecule has 0 bridgehead atoms. The van der Waals surface area contributed by atoms with Crippen molar-refractivity contribution in [2.45, 2.75) is 51.5 Å². The lowest BCUT2D eigenvalue weighted by Crippen LogP contribution is -2.40. The van der Waals surface area contributed by atoms with E-state index in [1.165, 1.54) is 38.5 Å². The molecule has 1 aliphatic rings. The quantitative estimate of drug-likeness (QED) is 0.728. The second kappa shape index (κ2) is 6.83. The molecule has 3 heteroatoms. The summed E-state index contributed by atoms with van der Waals surface area (Å²) in [6.07, 6.45) is 7.25. The maximum atomic E-state index is 11.6. The molecule has 0 saturated heterocycles. The van der Waals surface area contributed by atoms with Crippen molar-refractivity contribution in [3.63, 3.8) is 0 Å². The minimum absolute atomic E-state index is 0.195. The lowest BCUT2D eigenvalue weighted by Gasteiger charge is -2.18. The van der Waals surface area contributed by atoms with Crippen molar-refractivity contribution >= 4 is 5.91 Å². The Bertz CT molecular complexity index is 188. The first kappa shape index (κ1) is 12.5. The van der Waals surface area contributed by atoms with Gasteiger partial charge in [-0.25, -0.2) is 0 Å². The number of hydrogen-bond donors (Lipinski definition) is 1. The first-order chi connectivity index (χ1) is 7.22. The fourth-order valence-corrected chi connectivity index (χ4v) is 2.10. The first-order valence-corrected chi connectivity index (χ1v) is 6.20. The minimum Gasteiger partial charge on any atom is -0.352 e. The summed E-state index contributed by atoms with van der Waals surface area (Å²) in [5, 5.41) is 3.11. The zero-order valence-corrected chi connectivity index (χ0v) is 10.1. The Morgan fingerprint density at radius 1 is 1.40 bits per heavy atom. The van der Waals surface area contributed by atoms with Gasteiger partial charge in [-0.15, -0.1) is 0 Å². The fraction of sp³-hybridized carbons (Fsp3) is 0.917. The van der Waals surface area contributed by atoms with E-state index in [0.717, 1.165) is 6.54 Å². The molecule has 0 heterocycles. The third-order valence-corrected chi connectivity index (χ3v) is 3.03. The summed E-state index contributed by atoms with van der Waals surface area (Å²) in [5.41, 5.74) is 0. The highest BCUT2D eigenvalue weighted by Crippen LogP contribution is 2.17. The summed E-state index contributed by atoms with van der Waals surface area (Å²) in [4.78, 5) is 13.7. The Hall–Kier alpha value is -0.570. The van der Waals surface area contributed by atoms with Gasteiger partial charge in [0.1, 0.15) is 0 Å². The first-order valence-electron chi connectivity index (χ1n) is 6.20. The average molecular weight is 212 g/mol. The maximum Gasteiger partial charge on any atom is 0.234 e. The van der Waals surface area contributed by atoms with Gasteiger partial charge in [0.25, 0.3) is 0 Å². The number of nitrogens with one attached hydrogen (secondary N) is 1. The summed E-state index contributed by atoms with van der Waals surface area (Å²) in [5.74, 6) is 0.195. The van der Waals surface area contributed by atoms with Gasteiger partial charge in [-0.1, -0.05) is 26.2 Å². The molecule has 1 aliphatic carbocycles. The molecule has 1 saturated carbocycles. The van der Waals surface area contributed by atoms with Gasteiger partial charge >= 0.3 is 0 Å². The number of nitrogens with zero attached hydrogens (tertiary/aromatic N) is 1. The molecule has 15 heavy (non-hydrogen) atoms. The Morgan fingerprint density at radius 2 is 2.07 bits per heavy atom. The van der Waals surface area contributed by atoms with Crippen LogP contribution in [0.3, 0.4) is 0 Å². The van der Waals surface area contributed by atoms with Crippen molar-refractivity contribution in [3.05, 3.63) is 0 Å². The molecule has 1 rings (SSSR count). The third kappa shape index (κ3) is 5.17. The fourth-order valence-electron chi connectivity index (χ4n) is 2.10. The molecule has 0 aromatic carbocycles. The van der Waals surface area contributed by atoms with Crippen LogP contribution >= 0.6 is 0 Å². The normalized spacial score (nSPS) is 17.3. The van der Waals surface area contributed by atoms with E-state index < -0.39 is 0 Å². The van der Waals surface area contributed by atoms with Crippen LogP contribution in [-0.4, -0.2) is 37.0 Å². The Morgan fingerprint density at radius 3 is 2.67 bits per heavy atom. The Labute approximate surface area is 93.2 Å². The van der Waals surface area contributed by atoms with E-state index in [-0.39, 0.29) is 5.91 Å². The van der Waals surface area contributed by atoms with E-state index in [0.29, 0.717) is 12.6 Å². The topological polar surface area (TPSA) is 32.3 Å². The molecule has 0 unspecified atom stereocenters. The molecular formula is C12H24N2O. The number of likely N-dealkylation sites (N-methyl/N-ethyl adjacent to an activating group) is 1. The van der Waals surface area contributed by atoms with Crippen LogP contribution in [0, 0.1) is 0 Å². The lowest BCUT2D eigenvalue weighted by atomic mass is 10.2. The molecular weight excluding hydrogens is 188 g/mol. The SMILES string of the molecule is CCCCN(C)CC(=O)NC1CCCC1. The summed E-state index contributed by atoms with van der Waals surface area (Å²) in [6.45, 7) is 3.75. The van der Waals surface area contributed by atoms with E-state index >= 15 is 0 Å². The highest BCUT2D eigenvalue weighted by atomic mass is 16.2. The lowest BCUT2D eigenvalue weighted by molar-refractivity contribution is -0.122. The van der Waals surface area contributed by atoms with E-state index in [2.05, 4.69) is 17.1 Å². The van der Waals surface area contributed by atoms with Gasteiger partial charge < -0.3 is 5.32 Å². The number of unbranched alkanes of at least 4 members (excludes halogenated alkanes) is 1. The highest BCUT2D eigenvalue weighted by Gasteiger charge is 2.17. The molecule has 3 nitrogen and oxygen atoms in total. The van der Waals surface area contributed by atoms with Crippen molar-refractivity contribution in [1.82, 2.24) is 10.2 Å². The number of carbonyl (C=O) groups excluding carboxylic acids is 1. The highest BCUT2D eigenvalue weighted by molar-refractivity contribution is 5.78. The molecule has 0 atom stereocenters. The zero-order chi connectivity index (χ0) is 11.1. The molecule has 1 fully saturated rings. The predicted molar refractivity (Wildman–Crippen MR) is 62.8 cm³/mol. The van der Waals surface area contributed by atoms with Crippen LogP contribution < -0.4 is 5.32 Å². The van der Waals surface area contributed by atoms with Crippen molar-refractivity contribution in [1.29, 1.82) is 0 Å². The Balaban J connectivity index is 2.11. The van der Waals surface area contributed by atoms with Crippen LogP contribution in [0.5, 0.6) is 0 Å². The van der Waals surface area contributed by atoms with Crippen LogP contribution in [0.15, 0.2) is 0 Å². The molecule has 0 aromatic heterocycles. The smallest absolute Gasteiger partial charge is 0.234 e. The standard InChI is InChI=1S/C12H24N2O/c1-3-4-9-14(2)10-12(15)13-11-7-5-6-8-11/h11H,3-10H2,1-2H3,(H,13,15). The van der Waals surface area contributed by atoms with Crippen LogP contribution in [-0.2, 0) is 4.79 Å². The largest absolute Gasteiger partial charge is 0.352 e. The molecule has 0 aromatic rings. The van der Waals surface area contributed by atoms with E-state index in [1.807, 2.05) is 7.05 Å². The van der Waals surface area contributed by atoms with Gasteiger partial charge in [0, 0.05) is 6.04 Å². The van der Waals surface area contributed by atoms with E-state index in [9.17, 15) is 4.79 Å². The number of hydrogen-bond acceptors (Lipinski definition) is 2. The van der Waals surface area contributed by atoms with Crippen molar-refractivity contribution in [2.24, 2.45) is 0 Å². The van der Waals surface area contributed by atoms with Crippen LogP contribution in [0.25, 0.3) is 0 Å². The number of amides is 1. The van der Waals surface area contributed by atoms with Crippen molar-refractivity contribution in [2.75, 3.05) is 20.1 Å². The second-order valence-corrected chi connectivity index (χ2v) is 4.64. The summed E-state index contributed by atoms with van der Waals surface area (Å²) < 4.78 is 0. The molecule has 0 aliphatic heterocycles. The van der Waals surface area contributed by atoms with Gasteiger partial charge in [0.05, 0.1) is 6.54 Å². The predicted octanol–water partition coefficient (Wildman–Crippen LogP) is 1.78. The third-order valence-electron chi connectivity index (χ3n) is 3.03. The van der Waals surface area contributed by atoms with Crippen LogP contribution in [0.4, 0.5) is 0 Å². The molecule has 1 N–H and O–H groups in total. The van der Waals surface area contributed by atoms with Crippen LogP contribution in [0.1, 0.15) is 45.4 Å². The van der Waals surface area contributed by atoms with E-state index in [4.69, 9.17) is 0 Å². The molecule has 0 radical (unpaired) electrons. The summed E-state index contributed by atoms with van der Waals surface area (Å²) in [6, 6.07) is 0.456.